The van der Waals surface area contributed by atoms with Gasteiger partial charge in [0.2, 0.25) is 21.8 Å². The third-order valence-corrected chi connectivity index (χ3v) is 9.22. The van der Waals surface area contributed by atoms with Crippen molar-refractivity contribution in [1.29, 1.82) is 0 Å². The number of aryl methyl sites for hydroxylation is 1. The highest BCUT2D eigenvalue weighted by Crippen LogP contribution is 2.34. The van der Waals surface area contributed by atoms with Crippen LogP contribution in [0.3, 0.4) is 0 Å². The first-order valence-corrected chi connectivity index (χ1v) is 16.2. The van der Waals surface area contributed by atoms with Crippen molar-refractivity contribution in [1.82, 2.24) is 10.2 Å². The van der Waals surface area contributed by atoms with E-state index in [9.17, 15) is 18.0 Å². The SMILES string of the molecule is Cc1cccc(CN(C(=O)CN(c2cccc(Cl)c2Cl)S(C)(=O)=O)[C@H](Cc2ccccc2)C(=O)NC2CCCC2)c1. The molecule has 1 aliphatic rings. The summed E-state index contributed by atoms with van der Waals surface area (Å²) >= 11 is 12.6. The van der Waals surface area contributed by atoms with Crippen LogP contribution in [0.15, 0.2) is 72.8 Å². The minimum atomic E-state index is -3.95. The summed E-state index contributed by atoms with van der Waals surface area (Å²) in [5.41, 5.74) is 2.82. The summed E-state index contributed by atoms with van der Waals surface area (Å²) in [7, 11) is -3.95. The van der Waals surface area contributed by atoms with E-state index in [2.05, 4.69) is 5.32 Å². The Labute approximate surface area is 252 Å². The van der Waals surface area contributed by atoms with E-state index in [1.807, 2.05) is 61.5 Å². The molecule has 7 nitrogen and oxygen atoms in total. The topological polar surface area (TPSA) is 86.8 Å². The molecule has 0 aliphatic heterocycles. The molecule has 41 heavy (non-hydrogen) atoms. The van der Waals surface area contributed by atoms with Gasteiger partial charge in [-0.25, -0.2) is 8.42 Å². The third-order valence-electron chi connectivity index (χ3n) is 7.29. The van der Waals surface area contributed by atoms with Gasteiger partial charge in [0.25, 0.3) is 0 Å². The Kier molecular flexibility index (Phi) is 10.3. The Morgan fingerprint density at radius 3 is 2.27 bits per heavy atom. The van der Waals surface area contributed by atoms with Gasteiger partial charge in [0.05, 0.1) is 22.0 Å². The predicted octanol–water partition coefficient (Wildman–Crippen LogP) is 5.77. The highest BCUT2D eigenvalue weighted by molar-refractivity contribution is 7.92. The van der Waals surface area contributed by atoms with Gasteiger partial charge in [-0.15, -0.1) is 0 Å². The van der Waals surface area contributed by atoms with E-state index in [4.69, 9.17) is 23.2 Å². The maximum atomic E-state index is 14.2. The first-order valence-electron chi connectivity index (χ1n) is 13.6. The zero-order chi connectivity index (χ0) is 29.6. The van der Waals surface area contributed by atoms with E-state index < -0.39 is 28.5 Å². The number of amides is 2. The normalized spacial score (nSPS) is 14.4. The number of nitrogens with one attached hydrogen (secondary N) is 1. The number of hydrogen-bond donors (Lipinski definition) is 1. The molecule has 3 aromatic rings. The summed E-state index contributed by atoms with van der Waals surface area (Å²) < 4.78 is 26.9. The molecular weight excluding hydrogens is 581 g/mol. The number of carbonyl (C=O) groups excluding carboxylic acids is 2. The molecule has 0 bridgehead atoms. The van der Waals surface area contributed by atoms with Gasteiger partial charge in [-0.2, -0.15) is 0 Å². The van der Waals surface area contributed by atoms with Crippen LogP contribution in [-0.2, 0) is 32.6 Å². The molecule has 218 valence electrons. The second-order valence-electron chi connectivity index (χ2n) is 10.5. The first-order chi connectivity index (χ1) is 19.5. The summed E-state index contributed by atoms with van der Waals surface area (Å²) in [6.45, 7) is 1.53. The number of benzene rings is 3. The number of sulfonamides is 1. The number of halogens is 2. The Balaban J connectivity index is 1.74. The molecule has 1 saturated carbocycles. The van der Waals surface area contributed by atoms with Crippen LogP contribution >= 0.6 is 23.2 Å². The smallest absolute Gasteiger partial charge is 0.244 e. The van der Waals surface area contributed by atoms with Gasteiger partial charge >= 0.3 is 0 Å². The van der Waals surface area contributed by atoms with Crippen molar-refractivity contribution >= 4 is 50.7 Å². The van der Waals surface area contributed by atoms with Crippen molar-refractivity contribution in [2.75, 3.05) is 17.1 Å². The molecule has 1 fully saturated rings. The van der Waals surface area contributed by atoms with Crippen molar-refractivity contribution < 1.29 is 18.0 Å². The fraction of sp³-hybridized carbons (Fsp3) is 0.355. The van der Waals surface area contributed by atoms with Crippen LogP contribution in [0.1, 0.15) is 42.4 Å². The van der Waals surface area contributed by atoms with E-state index in [0.29, 0.717) is 0 Å². The second-order valence-corrected chi connectivity index (χ2v) is 13.2. The number of anilines is 1. The van der Waals surface area contributed by atoms with E-state index in [1.165, 1.54) is 11.0 Å². The van der Waals surface area contributed by atoms with Gasteiger partial charge in [0.1, 0.15) is 12.6 Å². The van der Waals surface area contributed by atoms with Crippen molar-refractivity contribution in [2.24, 2.45) is 0 Å². The predicted molar refractivity (Wildman–Crippen MR) is 165 cm³/mol. The van der Waals surface area contributed by atoms with E-state index in [0.717, 1.165) is 52.9 Å². The van der Waals surface area contributed by atoms with Gasteiger partial charge in [-0.3, -0.25) is 13.9 Å². The Hall–Kier alpha value is -3.07. The summed E-state index contributed by atoms with van der Waals surface area (Å²) in [6, 6.07) is 21.0. The fourth-order valence-corrected chi connectivity index (χ4v) is 6.51. The fourth-order valence-electron chi connectivity index (χ4n) is 5.21. The van der Waals surface area contributed by atoms with E-state index in [-0.39, 0.29) is 40.6 Å². The van der Waals surface area contributed by atoms with Crippen LogP contribution < -0.4 is 9.62 Å². The monoisotopic (exact) mass is 615 g/mol. The largest absolute Gasteiger partial charge is 0.352 e. The van der Waals surface area contributed by atoms with Gasteiger partial charge in [0.15, 0.2) is 0 Å². The molecule has 10 heteroatoms. The standard InChI is InChI=1S/C31H35Cl2N3O4S/c1-22-10-8-13-24(18-22)20-35(29(37)21-36(41(2,39)40)27-17-9-16-26(32)30(27)33)28(19-23-11-4-3-5-12-23)31(38)34-25-14-6-7-15-25/h3-5,8-13,16-18,25,28H,6-7,14-15,19-21H2,1-2H3,(H,34,38)/t28-/m1/s1. The Morgan fingerprint density at radius 2 is 1.61 bits per heavy atom. The molecule has 0 aromatic heterocycles. The molecule has 2 amide bonds. The molecule has 0 spiro atoms. The molecule has 4 rings (SSSR count). The lowest BCUT2D eigenvalue weighted by molar-refractivity contribution is -0.140. The van der Waals surface area contributed by atoms with Gasteiger partial charge in [-0.05, 0) is 43.0 Å². The van der Waals surface area contributed by atoms with Gasteiger partial charge in [-0.1, -0.05) is 102 Å². The molecule has 0 heterocycles. The Morgan fingerprint density at radius 1 is 0.951 bits per heavy atom. The zero-order valence-corrected chi connectivity index (χ0v) is 25.6. The molecule has 0 radical (unpaired) electrons. The molecule has 0 saturated heterocycles. The number of nitrogens with zero attached hydrogens (tertiary/aromatic N) is 2. The summed E-state index contributed by atoms with van der Waals surface area (Å²) in [4.78, 5) is 29.6. The van der Waals surface area contributed by atoms with Crippen molar-refractivity contribution in [3.05, 3.63) is 99.5 Å². The van der Waals surface area contributed by atoms with Gasteiger partial charge < -0.3 is 10.2 Å². The average molecular weight is 617 g/mol. The van der Waals surface area contributed by atoms with Crippen molar-refractivity contribution in [3.8, 4) is 0 Å². The minimum absolute atomic E-state index is 0.0254. The lowest BCUT2D eigenvalue weighted by Gasteiger charge is -2.34. The average Bonchev–Trinajstić information content (AvgIpc) is 3.44. The zero-order valence-electron chi connectivity index (χ0n) is 23.2. The summed E-state index contributed by atoms with van der Waals surface area (Å²) in [6.07, 6.45) is 5.16. The number of carbonyl (C=O) groups is 2. The summed E-state index contributed by atoms with van der Waals surface area (Å²) in [5.74, 6) is -0.788. The van der Waals surface area contributed by atoms with Crippen LogP contribution in [0, 0.1) is 6.92 Å². The van der Waals surface area contributed by atoms with Crippen LogP contribution in [0.5, 0.6) is 0 Å². The molecule has 1 N–H and O–H groups in total. The first kappa shape index (κ1) is 30.9. The van der Waals surface area contributed by atoms with Crippen LogP contribution in [0.4, 0.5) is 5.69 Å². The highest BCUT2D eigenvalue weighted by atomic mass is 35.5. The van der Waals surface area contributed by atoms with Gasteiger partial charge in [0, 0.05) is 19.0 Å². The summed E-state index contributed by atoms with van der Waals surface area (Å²) in [5, 5.41) is 3.35. The Bertz CT molecular complexity index is 1480. The highest BCUT2D eigenvalue weighted by Gasteiger charge is 2.34. The van der Waals surface area contributed by atoms with E-state index >= 15 is 0 Å². The number of hydrogen-bond acceptors (Lipinski definition) is 4. The van der Waals surface area contributed by atoms with Crippen LogP contribution in [0.25, 0.3) is 0 Å². The maximum Gasteiger partial charge on any atom is 0.244 e. The second kappa shape index (κ2) is 13.7. The van der Waals surface area contributed by atoms with E-state index in [1.54, 1.807) is 12.1 Å². The lowest BCUT2D eigenvalue weighted by Crippen LogP contribution is -2.54. The molecule has 1 atom stereocenters. The molecule has 1 aliphatic carbocycles. The van der Waals surface area contributed by atoms with Crippen molar-refractivity contribution in [2.45, 2.75) is 57.7 Å². The van der Waals surface area contributed by atoms with Crippen LogP contribution in [0.2, 0.25) is 10.0 Å². The molecule has 3 aromatic carbocycles. The maximum absolute atomic E-state index is 14.2. The lowest BCUT2D eigenvalue weighted by atomic mass is 10.0. The molecular formula is C31H35Cl2N3O4S. The minimum Gasteiger partial charge on any atom is -0.352 e. The third kappa shape index (κ3) is 8.24. The molecule has 0 unspecified atom stereocenters. The van der Waals surface area contributed by atoms with Crippen molar-refractivity contribution in [3.63, 3.8) is 0 Å². The van der Waals surface area contributed by atoms with Crippen LogP contribution in [-0.4, -0.2) is 50.0 Å². The number of rotatable bonds is 11. The quantitative estimate of drug-likeness (QED) is 0.297.